The van der Waals surface area contributed by atoms with Gasteiger partial charge in [-0.05, 0) is 19.0 Å². The van der Waals surface area contributed by atoms with Crippen LogP contribution >= 0.6 is 12.4 Å². The van der Waals surface area contributed by atoms with Gasteiger partial charge in [-0.1, -0.05) is 0 Å². The van der Waals surface area contributed by atoms with Gasteiger partial charge in [0.05, 0.1) is 31.3 Å². The van der Waals surface area contributed by atoms with Gasteiger partial charge in [-0.15, -0.1) is 12.4 Å². The number of hydrogen-bond acceptors (Lipinski definition) is 5. The molecule has 2 N–H and O–H groups in total. The summed E-state index contributed by atoms with van der Waals surface area (Å²) in [5.74, 6) is 1.22. The summed E-state index contributed by atoms with van der Waals surface area (Å²) in [6.45, 7) is 2.70. The molecule has 8 heteroatoms. The van der Waals surface area contributed by atoms with Crippen LogP contribution in [0.15, 0.2) is 18.2 Å². The van der Waals surface area contributed by atoms with Gasteiger partial charge in [-0.3, -0.25) is 9.48 Å². The predicted molar refractivity (Wildman–Crippen MR) is 100 cm³/mol. The van der Waals surface area contributed by atoms with E-state index in [0.29, 0.717) is 17.9 Å². The third-order valence-electron chi connectivity index (χ3n) is 4.85. The van der Waals surface area contributed by atoms with Crippen LogP contribution in [0.5, 0.6) is 11.5 Å². The molecular weight excluding hydrogens is 356 g/mol. The molecule has 2 aliphatic rings. The van der Waals surface area contributed by atoms with Crippen molar-refractivity contribution in [1.82, 2.24) is 15.1 Å². The van der Waals surface area contributed by atoms with Crippen molar-refractivity contribution in [3.05, 3.63) is 35.2 Å². The van der Waals surface area contributed by atoms with E-state index in [1.165, 1.54) is 0 Å². The lowest BCUT2D eigenvalue weighted by molar-refractivity contribution is -0.116. The van der Waals surface area contributed by atoms with Gasteiger partial charge in [-0.2, -0.15) is 5.10 Å². The highest BCUT2D eigenvalue weighted by Crippen LogP contribution is 2.44. The maximum absolute atomic E-state index is 12.3. The number of aryl methyl sites for hydroxylation is 1. The Morgan fingerprint density at radius 1 is 1.23 bits per heavy atom. The lowest BCUT2D eigenvalue weighted by Gasteiger charge is -2.27. The number of nitrogens with one attached hydrogen (secondary N) is 2. The third-order valence-corrected chi connectivity index (χ3v) is 4.85. The molecule has 0 spiro atoms. The minimum absolute atomic E-state index is 0. The van der Waals surface area contributed by atoms with E-state index in [2.05, 4.69) is 21.4 Å². The van der Waals surface area contributed by atoms with Gasteiger partial charge < -0.3 is 20.1 Å². The molecule has 1 aromatic heterocycles. The van der Waals surface area contributed by atoms with E-state index >= 15 is 0 Å². The van der Waals surface area contributed by atoms with Crippen LogP contribution in [0.1, 0.15) is 35.7 Å². The number of anilines is 1. The number of methoxy groups -OCH3 is 2. The van der Waals surface area contributed by atoms with Crippen LogP contribution < -0.4 is 20.1 Å². The second-order valence-corrected chi connectivity index (χ2v) is 6.41. The number of hydrogen-bond donors (Lipinski definition) is 2. The predicted octanol–water partition coefficient (Wildman–Crippen LogP) is 2.29. The van der Waals surface area contributed by atoms with E-state index in [4.69, 9.17) is 14.6 Å². The average molecular weight is 379 g/mol. The zero-order valence-electron chi connectivity index (χ0n) is 14.9. The van der Waals surface area contributed by atoms with Crippen LogP contribution in [0.25, 0.3) is 0 Å². The van der Waals surface area contributed by atoms with Gasteiger partial charge in [0.15, 0.2) is 0 Å². The number of fused-ring (bicyclic) bond motifs is 2. The SMILES string of the molecule is COc1cc2c(c(OC)c1)C(c1cc3n(n1)CCCNC3)CC(=O)N2.Cl. The minimum Gasteiger partial charge on any atom is -0.497 e. The van der Waals surface area contributed by atoms with Crippen molar-refractivity contribution >= 4 is 24.0 Å². The number of rotatable bonds is 3. The Kier molecular flexibility index (Phi) is 5.38. The maximum Gasteiger partial charge on any atom is 0.225 e. The monoisotopic (exact) mass is 378 g/mol. The second-order valence-electron chi connectivity index (χ2n) is 6.41. The first-order valence-corrected chi connectivity index (χ1v) is 8.52. The maximum atomic E-state index is 12.3. The summed E-state index contributed by atoms with van der Waals surface area (Å²) in [6.07, 6.45) is 1.41. The summed E-state index contributed by atoms with van der Waals surface area (Å²) in [5, 5.41) is 11.1. The minimum atomic E-state index is -0.121. The lowest BCUT2D eigenvalue weighted by atomic mass is 9.87. The molecule has 1 amide bonds. The molecule has 1 atom stereocenters. The highest BCUT2D eigenvalue weighted by atomic mass is 35.5. The topological polar surface area (TPSA) is 77.4 Å². The molecule has 0 fully saturated rings. The average Bonchev–Trinajstić information content (AvgIpc) is 2.90. The molecule has 0 saturated carbocycles. The van der Waals surface area contributed by atoms with Gasteiger partial charge in [0.25, 0.3) is 0 Å². The van der Waals surface area contributed by atoms with E-state index < -0.39 is 0 Å². The van der Waals surface area contributed by atoms with Crippen molar-refractivity contribution in [3.8, 4) is 11.5 Å². The highest BCUT2D eigenvalue weighted by Gasteiger charge is 2.32. The number of ether oxygens (including phenoxy) is 2. The van der Waals surface area contributed by atoms with Crippen LogP contribution in [0, 0.1) is 0 Å². The van der Waals surface area contributed by atoms with Crippen molar-refractivity contribution < 1.29 is 14.3 Å². The molecule has 4 rings (SSSR count). The Morgan fingerprint density at radius 3 is 2.85 bits per heavy atom. The molecule has 2 aliphatic heterocycles. The van der Waals surface area contributed by atoms with Gasteiger partial charge >= 0.3 is 0 Å². The fraction of sp³-hybridized carbons (Fsp3) is 0.444. The number of benzene rings is 1. The molecule has 26 heavy (non-hydrogen) atoms. The van der Waals surface area contributed by atoms with Crippen molar-refractivity contribution in [3.63, 3.8) is 0 Å². The molecule has 1 unspecified atom stereocenters. The summed E-state index contributed by atoms with van der Waals surface area (Å²) in [7, 11) is 3.23. The largest absolute Gasteiger partial charge is 0.497 e. The van der Waals surface area contributed by atoms with Crippen molar-refractivity contribution in [2.24, 2.45) is 0 Å². The number of amides is 1. The molecular formula is C18H23ClN4O3. The van der Waals surface area contributed by atoms with Crippen LogP contribution in [0.3, 0.4) is 0 Å². The number of halogens is 1. The standard InChI is InChI=1S/C18H22N4O3.ClH/c1-24-12-7-15-18(16(8-12)25-2)13(9-17(23)20-15)14-6-11-10-19-4-3-5-22(11)21-14;/h6-8,13,19H,3-5,9-10H2,1-2H3,(H,20,23);1H. The molecule has 140 valence electrons. The van der Waals surface area contributed by atoms with Gasteiger partial charge in [-0.25, -0.2) is 0 Å². The number of aromatic nitrogens is 2. The third kappa shape index (κ3) is 3.24. The summed E-state index contributed by atoms with van der Waals surface area (Å²) >= 11 is 0. The zero-order chi connectivity index (χ0) is 17.4. The quantitative estimate of drug-likeness (QED) is 0.856. The van der Waals surface area contributed by atoms with Crippen molar-refractivity contribution in [1.29, 1.82) is 0 Å². The van der Waals surface area contributed by atoms with E-state index in [0.717, 1.165) is 48.7 Å². The fourth-order valence-electron chi connectivity index (χ4n) is 3.65. The second kappa shape index (κ2) is 7.55. The zero-order valence-corrected chi connectivity index (χ0v) is 15.7. The highest BCUT2D eigenvalue weighted by molar-refractivity contribution is 5.96. The van der Waals surface area contributed by atoms with E-state index in [1.54, 1.807) is 14.2 Å². The Balaban J connectivity index is 0.00000196. The number of nitrogens with zero attached hydrogens (tertiary/aromatic N) is 2. The van der Waals surface area contributed by atoms with Gasteiger partial charge in [0.2, 0.25) is 5.91 Å². The summed E-state index contributed by atoms with van der Waals surface area (Å²) in [6, 6.07) is 5.80. The van der Waals surface area contributed by atoms with E-state index in [-0.39, 0.29) is 24.2 Å². The van der Waals surface area contributed by atoms with Crippen LogP contribution in [-0.2, 0) is 17.9 Å². The van der Waals surface area contributed by atoms with Crippen LogP contribution in [-0.4, -0.2) is 36.5 Å². The first-order valence-electron chi connectivity index (χ1n) is 8.52. The number of carbonyl (C=O) groups is 1. The summed E-state index contributed by atoms with van der Waals surface area (Å²) in [5.41, 5.74) is 3.77. The first kappa shape index (κ1) is 18.5. The fourth-order valence-corrected chi connectivity index (χ4v) is 3.65. The molecule has 0 aliphatic carbocycles. The Bertz CT molecular complexity index is 798. The Labute approximate surface area is 158 Å². The Morgan fingerprint density at radius 2 is 2.08 bits per heavy atom. The van der Waals surface area contributed by atoms with E-state index in [9.17, 15) is 4.79 Å². The van der Waals surface area contributed by atoms with Crippen LogP contribution in [0.4, 0.5) is 5.69 Å². The van der Waals surface area contributed by atoms with Crippen LogP contribution in [0.2, 0.25) is 0 Å². The van der Waals surface area contributed by atoms with Gasteiger partial charge in [0.1, 0.15) is 11.5 Å². The van der Waals surface area contributed by atoms with Crippen molar-refractivity contribution in [2.45, 2.75) is 31.8 Å². The lowest BCUT2D eigenvalue weighted by Crippen LogP contribution is -2.24. The normalized spacial score (nSPS) is 18.7. The number of carbonyl (C=O) groups excluding carboxylic acids is 1. The first-order chi connectivity index (χ1) is 12.2. The van der Waals surface area contributed by atoms with Crippen molar-refractivity contribution in [2.75, 3.05) is 26.1 Å². The van der Waals surface area contributed by atoms with Gasteiger partial charge in [0, 0.05) is 43.1 Å². The molecule has 0 radical (unpaired) electrons. The molecule has 7 nitrogen and oxygen atoms in total. The molecule has 1 aromatic carbocycles. The molecule has 3 heterocycles. The smallest absolute Gasteiger partial charge is 0.225 e. The molecule has 0 bridgehead atoms. The van der Waals surface area contributed by atoms with E-state index in [1.807, 2.05) is 12.1 Å². The molecule has 2 aromatic rings. The molecule has 0 saturated heterocycles. The Hall–Kier alpha value is -2.25. The summed E-state index contributed by atoms with van der Waals surface area (Å²) in [4.78, 5) is 12.3. The summed E-state index contributed by atoms with van der Waals surface area (Å²) < 4.78 is 13.0.